The van der Waals surface area contributed by atoms with Crippen LogP contribution in [-0.4, -0.2) is 5.97 Å². The van der Waals surface area contributed by atoms with E-state index < -0.39 is 0 Å². The van der Waals surface area contributed by atoms with E-state index in [4.69, 9.17) is 4.74 Å². The third-order valence-corrected chi connectivity index (χ3v) is 2.13. The molecule has 0 spiro atoms. The first kappa shape index (κ1) is 11.8. The summed E-state index contributed by atoms with van der Waals surface area (Å²) in [6.07, 6.45) is 4.28. The summed E-state index contributed by atoms with van der Waals surface area (Å²) < 4.78 is 5.01. The third kappa shape index (κ3) is 4.63. The zero-order valence-electron chi connectivity index (χ0n) is 9.11. The van der Waals surface area contributed by atoms with Crippen LogP contribution in [0.2, 0.25) is 0 Å². The minimum absolute atomic E-state index is 0.271. The first-order chi connectivity index (χ1) is 7.34. The van der Waals surface area contributed by atoms with E-state index in [1.165, 1.54) is 12.8 Å². The van der Waals surface area contributed by atoms with Crippen molar-refractivity contribution < 1.29 is 9.53 Å². The molecule has 0 heterocycles. The molecule has 15 heavy (non-hydrogen) atoms. The molecule has 0 amide bonds. The molecule has 0 aliphatic carbocycles. The highest BCUT2D eigenvalue weighted by Crippen LogP contribution is 2.06. The zero-order valence-corrected chi connectivity index (χ0v) is 9.11. The molecule has 2 nitrogen and oxygen atoms in total. The van der Waals surface area contributed by atoms with Gasteiger partial charge in [-0.2, -0.15) is 0 Å². The summed E-state index contributed by atoms with van der Waals surface area (Å²) >= 11 is 0. The van der Waals surface area contributed by atoms with Crippen LogP contribution in [0.5, 0.6) is 0 Å². The molecule has 0 bridgehead atoms. The van der Waals surface area contributed by atoms with Gasteiger partial charge >= 0.3 is 5.97 Å². The number of carbonyl (C=O) groups excluding carboxylic acids is 1. The van der Waals surface area contributed by atoms with Gasteiger partial charge in [-0.25, -0.2) is 4.79 Å². The highest BCUT2D eigenvalue weighted by Gasteiger charge is 2.04. The molecule has 0 aliphatic rings. The predicted molar refractivity (Wildman–Crippen MR) is 60.3 cm³/mol. The third-order valence-electron chi connectivity index (χ3n) is 2.13. The van der Waals surface area contributed by atoms with E-state index in [-0.39, 0.29) is 5.97 Å². The van der Waals surface area contributed by atoms with Gasteiger partial charge in [-0.05, 0) is 25.0 Å². The molecule has 0 N–H and O–H groups in total. The first-order valence-electron chi connectivity index (χ1n) is 5.42. The van der Waals surface area contributed by atoms with Crippen LogP contribution in [0.3, 0.4) is 0 Å². The Labute approximate surface area is 91.3 Å². The van der Waals surface area contributed by atoms with Gasteiger partial charge < -0.3 is 4.74 Å². The molecule has 81 valence electrons. The monoisotopic (exact) mass is 205 g/mol. The molecule has 1 aromatic carbocycles. The van der Waals surface area contributed by atoms with E-state index in [2.05, 4.69) is 6.92 Å². The summed E-state index contributed by atoms with van der Waals surface area (Å²) in [5.74, 6) is -0.271. The molecule has 0 aliphatic heterocycles. The van der Waals surface area contributed by atoms with E-state index in [1.54, 1.807) is 18.7 Å². The maximum absolute atomic E-state index is 11.4. The van der Waals surface area contributed by atoms with Crippen molar-refractivity contribution in [3.63, 3.8) is 0 Å². The summed E-state index contributed by atoms with van der Waals surface area (Å²) in [6, 6.07) is 9.04. The fourth-order valence-corrected chi connectivity index (χ4v) is 1.25. The van der Waals surface area contributed by atoms with E-state index in [1.807, 2.05) is 18.2 Å². The number of rotatable bonds is 6. The number of carbonyl (C=O) groups is 1. The van der Waals surface area contributed by atoms with Crippen molar-refractivity contribution in [2.24, 2.45) is 0 Å². The molecule has 0 aromatic heterocycles. The second-order valence-electron chi connectivity index (χ2n) is 3.43. The smallest absolute Gasteiger partial charge is 0.338 e. The average molecular weight is 205 g/mol. The highest BCUT2D eigenvalue weighted by molar-refractivity contribution is 5.89. The second-order valence-corrected chi connectivity index (χ2v) is 3.43. The van der Waals surface area contributed by atoms with Crippen LogP contribution in [0.4, 0.5) is 0 Å². The molecule has 1 aromatic rings. The number of esters is 1. The Bertz CT molecular complexity index is 280. The summed E-state index contributed by atoms with van der Waals surface area (Å²) in [7, 11) is 0. The molecule has 2 heteroatoms. The molecule has 0 fully saturated rings. The Hall–Kier alpha value is -1.31. The molecular formula is C13H17O2. The fraction of sp³-hybridized carbons (Fsp3) is 0.385. The predicted octanol–water partition coefficient (Wildman–Crippen LogP) is 3.59. The lowest BCUT2D eigenvalue weighted by Gasteiger charge is -2.03. The summed E-state index contributed by atoms with van der Waals surface area (Å²) in [5, 5.41) is 0. The van der Waals surface area contributed by atoms with Gasteiger partial charge in [-0.1, -0.05) is 38.0 Å². The molecule has 0 unspecified atom stereocenters. The zero-order chi connectivity index (χ0) is 10.9. The summed E-state index contributed by atoms with van der Waals surface area (Å²) in [4.78, 5) is 11.4. The van der Waals surface area contributed by atoms with Gasteiger partial charge in [0.05, 0.1) is 5.56 Å². The second kappa shape index (κ2) is 7.04. The van der Waals surface area contributed by atoms with Gasteiger partial charge in [0.15, 0.2) is 0 Å². The lowest BCUT2D eigenvalue weighted by atomic mass is 10.2. The van der Waals surface area contributed by atoms with Crippen LogP contribution in [0.15, 0.2) is 30.3 Å². The van der Waals surface area contributed by atoms with Crippen LogP contribution < -0.4 is 0 Å². The topological polar surface area (TPSA) is 26.3 Å². The number of hydrogen-bond acceptors (Lipinski definition) is 2. The Kier molecular flexibility index (Phi) is 5.52. The van der Waals surface area contributed by atoms with Gasteiger partial charge in [0.1, 0.15) is 6.61 Å². The Morgan fingerprint density at radius 2 is 2.00 bits per heavy atom. The van der Waals surface area contributed by atoms with Crippen LogP contribution in [0.25, 0.3) is 0 Å². The number of ether oxygens (including phenoxy) is 1. The average Bonchev–Trinajstić information content (AvgIpc) is 2.30. The SMILES string of the molecule is CCCCC[CH]OC(=O)c1ccccc1. The van der Waals surface area contributed by atoms with Crippen molar-refractivity contribution in [2.75, 3.05) is 0 Å². The number of hydrogen-bond donors (Lipinski definition) is 0. The largest absolute Gasteiger partial charge is 0.455 e. The molecule has 1 radical (unpaired) electrons. The maximum Gasteiger partial charge on any atom is 0.338 e. The van der Waals surface area contributed by atoms with Crippen molar-refractivity contribution in [3.8, 4) is 0 Å². The Morgan fingerprint density at radius 3 is 2.67 bits per heavy atom. The lowest BCUT2D eigenvalue weighted by Crippen LogP contribution is -2.02. The van der Waals surface area contributed by atoms with E-state index in [9.17, 15) is 4.79 Å². The first-order valence-corrected chi connectivity index (χ1v) is 5.42. The van der Waals surface area contributed by atoms with Gasteiger partial charge in [0, 0.05) is 0 Å². The summed E-state index contributed by atoms with van der Waals surface area (Å²) in [5.41, 5.74) is 0.601. The van der Waals surface area contributed by atoms with Crippen LogP contribution in [0.1, 0.15) is 43.0 Å². The Morgan fingerprint density at radius 1 is 1.27 bits per heavy atom. The van der Waals surface area contributed by atoms with E-state index in [0.29, 0.717) is 5.56 Å². The molecule has 0 atom stereocenters. The van der Waals surface area contributed by atoms with Crippen molar-refractivity contribution >= 4 is 5.97 Å². The minimum Gasteiger partial charge on any atom is -0.455 e. The van der Waals surface area contributed by atoms with Gasteiger partial charge in [-0.3, -0.25) is 0 Å². The lowest BCUT2D eigenvalue weighted by molar-refractivity contribution is 0.0597. The van der Waals surface area contributed by atoms with Crippen LogP contribution in [0, 0.1) is 6.61 Å². The number of unbranched alkanes of at least 4 members (excludes halogenated alkanes) is 3. The van der Waals surface area contributed by atoms with E-state index >= 15 is 0 Å². The number of benzene rings is 1. The Balaban J connectivity index is 2.20. The molecule has 1 rings (SSSR count). The normalized spacial score (nSPS) is 9.93. The van der Waals surface area contributed by atoms with Gasteiger partial charge in [0.2, 0.25) is 0 Å². The van der Waals surface area contributed by atoms with Gasteiger partial charge in [0.25, 0.3) is 0 Å². The minimum atomic E-state index is -0.271. The van der Waals surface area contributed by atoms with Crippen molar-refractivity contribution in [2.45, 2.75) is 32.6 Å². The van der Waals surface area contributed by atoms with Gasteiger partial charge in [-0.15, -0.1) is 0 Å². The maximum atomic E-state index is 11.4. The fourth-order valence-electron chi connectivity index (χ4n) is 1.25. The van der Waals surface area contributed by atoms with E-state index in [0.717, 1.165) is 12.8 Å². The molecule has 0 saturated carbocycles. The molecule has 0 saturated heterocycles. The van der Waals surface area contributed by atoms with Crippen molar-refractivity contribution in [3.05, 3.63) is 42.5 Å². The van der Waals surface area contributed by atoms with Crippen molar-refractivity contribution in [1.29, 1.82) is 0 Å². The van der Waals surface area contributed by atoms with Crippen LogP contribution >= 0.6 is 0 Å². The van der Waals surface area contributed by atoms with Crippen LogP contribution in [-0.2, 0) is 4.74 Å². The summed E-state index contributed by atoms with van der Waals surface area (Å²) in [6.45, 7) is 3.75. The molecular weight excluding hydrogens is 188 g/mol. The van der Waals surface area contributed by atoms with Crippen molar-refractivity contribution in [1.82, 2.24) is 0 Å². The highest BCUT2D eigenvalue weighted by atomic mass is 16.5. The quantitative estimate of drug-likeness (QED) is 0.524. The standard InChI is InChI=1S/C13H17O2/c1-2-3-4-8-11-15-13(14)12-9-6-5-7-10-12/h5-7,9-11H,2-4,8H2,1H3.